The maximum Gasteiger partial charge on any atom is 0.345 e. The first-order valence-electron chi connectivity index (χ1n) is 10.2. The number of nitrogens with zero attached hydrogens (tertiary/aromatic N) is 3. The third kappa shape index (κ3) is 3.16. The number of carboxylic acid groups (broad SMARTS) is 1. The Morgan fingerprint density at radius 3 is 2.61 bits per heavy atom. The van der Waals surface area contributed by atoms with Crippen LogP contribution in [-0.4, -0.2) is 51.4 Å². The number of carbonyl (C=O) groups excluding carboxylic acids is 1. The molecule has 1 saturated heterocycles. The van der Waals surface area contributed by atoms with Crippen LogP contribution in [0.3, 0.4) is 0 Å². The minimum atomic E-state index is -0.921. The van der Waals surface area contributed by atoms with Gasteiger partial charge in [0.05, 0.1) is 17.6 Å². The lowest BCUT2D eigenvalue weighted by Crippen LogP contribution is -2.48. The van der Waals surface area contributed by atoms with E-state index in [1.54, 1.807) is 42.3 Å². The molecular formula is C22H21N3O5S. The number of aromatic nitrogens is 2. The number of aryl methyl sites for hydroxylation is 1. The molecule has 0 bridgehead atoms. The van der Waals surface area contributed by atoms with Crippen LogP contribution in [0.4, 0.5) is 0 Å². The molecule has 0 radical (unpaired) electrons. The molecule has 8 nitrogen and oxygen atoms in total. The summed E-state index contributed by atoms with van der Waals surface area (Å²) in [4.78, 5) is 40.3. The third-order valence-electron chi connectivity index (χ3n) is 6.24. The van der Waals surface area contributed by atoms with Gasteiger partial charge in [-0.25, -0.2) is 9.48 Å². The van der Waals surface area contributed by atoms with Crippen molar-refractivity contribution >= 4 is 34.0 Å². The molecule has 160 valence electrons. The summed E-state index contributed by atoms with van der Waals surface area (Å²) < 4.78 is 7.38. The molecule has 2 aromatic heterocycles. The zero-order valence-electron chi connectivity index (χ0n) is 17.0. The number of ether oxygens (including phenoxy) is 1. The first-order valence-corrected chi connectivity index (χ1v) is 11.0. The average Bonchev–Trinajstić information content (AvgIpc) is 3.23. The molecule has 0 unspecified atom stereocenters. The number of carboxylic acids is 1. The van der Waals surface area contributed by atoms with E-state index in [-0.39, 0.29) is 17.2 Å². The minimum absolute atomic E-state index is 0.214. The predicted octanol–water partition coefficient (Wildman–Crippen LogP) is 2.40. The van der Waals surface area contributed by atoms with Crippen molar-refractivity contribution in [1.82, 2.24) is 14.7 Å². The lowest BCUT2D eigenvalue weighted by Gasteiger charge is -2.44. The van der Waals surface area contributed by atoms with Crippen LogP contribution in [-0.2, 0) is 23.8 Å². The lowest BCUT2D eigenvalue weighted by molar-refractivity contribution is -0.0926. The van der Waals surface area contributed by atoms with Gasteiger partial charge in [-0.2, -0.15) is 5.10 Å². The van der Waals surface area contributed by atoms with Crippen molar-refractivity contribution in [2.75, 3.05) is 19.7 Å². The third-order valence-corrected chi connectivity index (χ3v) is 7.42. The van der Waals surface area contributed by atoms with Gasteiger partial charge in [-0.1, -0.05) is 18.2 Å². The number of aromatic carboxylic acids is 1. The summed E-state index contributed by atoms with van der Waals surface area (Å²) in [7, 11) is 1.55. The number of amides is 1. The molecule has 9 heteroatoms. The number of carbonyl (C=O) groups is 2. The van der Waals surface area contributed by atoms with Crippen molar-refractivity contribution in [3.63, 3.8) is 0 Å². The van der Waals surface area contributed by atoms with E-state index in [4.69, 9.17) is 4.74 Å². The number of hydrogen-bond donors (Lipinski definition) is 1. The molecular weight excluding hydrogens is 418 g/mol. The highest BCUT2D eigenvalue weighted by molar-refractivity contribution is 7.14. The Labute approximate surface area is 181 Å². The number of likely N-dealkylation sites (tertiary alicyclic amines) is 1. The van der Waals surface area contributed by atoms with Gasteiger partial charge in [0.2, 0.25) is 0 Å². The van der Waals surface area contributed by atoms with Crippen LogP contribution in [0.25, 0.3) is 10.8 Å². The van der Waals surface area contributed by atoms with Crippen molar-refractivity contribution in [2.45, 2.75) is 24.9 Å². The number of fused-ring (bicyclic) bond motifs is 3. The molecule has 0 atom stereocenters. The molecule has 4 heterocycles. The summed E-state index contributed by atoms with van der Waals surface area (Å²) in [6, 6.07) is 8.75. The number of rotatable bonds is 2. The summed E-state index contributed by atoms with van der Waals surface area (Å²) >= 11 is 1.32. The minimum Gasteiger partial charge on any atom is -0.477 e. The summed E-state index contributed by atoms with van der Waals surface area (Å²) in [6.45, 7) is 1.48. The van der Waals surface area contributed by atoms with Crippen LogP contribution in [0.5, 0.6) is 0 Å². The largest absolute Gasteiger partial charge is 0.477 e. The Hall–Kier alpha value is -3.04. The number of hydrogen-bond acceptors (Lipinski definition) is 6. The van der Waals surface area contributed by atoms with Gasteiger partial charge in [-0.3, -0.25) is 9.59 Å². The SMILES string of the molecule is Cn1nc(C(=O)N2CCC3(CC2)OCCc2sc(C(=O)O)cc23)c2ccccc2c1=O. The maximum atomic E-state index is 13.3. The van der Waals surface area contributed by atoms with Crippen molar-refractivity contribution in [1.29, 1.82) is 0 Å². The van der Waals surface area contributed by atoms with E-state index >= 15 is 0 Å². The van der Waals surface area contributed by atoms with Gasteiger partial charge >= 0.3 is 5.97 Å². The van der Waals surface area contributed by atoms with Crippen LogP contribution in [0.1, 0.15) is 43.4 Å². The van der Waals surface area contributed by atoms with E-state index < -0.39 is 11.6 Å². The summed E-state index contributed by atoms with van der Waals surface area (Å²) in [5.41, 5.74) is 0.439. The van der Waals surface area contributed by atoms with E-state index in [0.29, 0.717) is 54.6 Å². The zero-order chi connectivity index (χ0) is 21.8. The fourth-order valence-electron chi connectivity index (χ4n) is 4.61. The van der Waals surface area contributed by atoms with Crippen LogP contribution in [0, 0.1) is 0 Å². The molecule has 31 heavy (non-hydrogen) atoms. The Morgan fingerprint density at radius 2 is 1.90 bits per heavy atom. The number of thiophene rings is 1. The Morgan fingerprint density at radius 1 is 1.19 bits per heavy atom. The van der Waals surface area contributed by atoms with Crippen LogP contribution in [0.2, 0.25) is 0 Å². The molecule has 1 fully saturated rings. The van der Waals surface area contributed by atoms with Crippen LogP contribution < -0.4 is 5.56 Å². The molecule has 0 saturated carbocycles. The highest BCUT2D eigenvalue weighted by Crippen LogP contribution is 2.44. The average molecular weight is 439 g/mol. The van der Waals surface area contributed by atoms with Crippen molar-refractivity contribution in [2.24, 2.45) is 7.05 Å². The summed E-state index contributed by atoms with van der Waals surface area (Å²) in [5, 5.41) is 14.7. The topological polar surface area (TPSA) is 102 Å². The molecule has 5 rings (SSSR count). The van der Waals surface area contributed by atoms with Crippen LogP contribution in [0.15, 0.2) is 35.1 Å². The fourth-order valence-corrected chi connectivity index (χ4v) is 5.68. The second-order valence-electron chi connectivity index (χ2n) is 7.96. The second kappa shape index (κ2) is 7.28. The monoisotopic (exact) mass is 439 g/mol. The van der Waals surface area contributed by atoms with E-state index in [0.717, 1.165) is 10.4 Å². The van der Waals surface area contributed by atoms with Gasteiger partial charge in [-0.15, -0.1) is 11.3 Å². The second-order valence-corrected chi connectivity index (χ2v) is 9.10. The summed E-state index contributed by atoms with van der Waals surface area (Å²) in [6.07, 6.45) is 1.89. The normalized spacial score (nSPS) is 17.6. The zero-order valence-corrected chi connectivity index (χ0v) is 17.8. The predicted molar refractivity (Wildman–Crippen MR) is 115 cm³/mol. The number of benzene rings is 1. The van der Waals surface area contributed by atoms with Gasteiger partial charge in [0, 0.05) is 36.8 Å². The van der Waals surface area contributed by atoms with E-state index in [1.807, 2.05) is 0 Å². The Balaban J connectivity index is 1.43. The fraction of sp³-hybridized carbons (Fsp3) is 0.364. The van der Waals surface area contributed by atoms with Crippen molar-refractivity contribution < 1.29 is 19.4 Å². The van der Waals surface area contributed by atoms with E-state index in [2.05, 4.69) is 5.10 Å². The van der Waals surface area contributed by atoms with Crippen molar-refractivity contribution in [3.8, 4) is 0 Å². The molecule has 1 aromatic carbocycles. The molecule has 2 aliphatic rings. The van der Waals surface area contributed by atoms with E-state index in [1.165, 1.54) is 16.0 Å². The highest BCUT2D eigenvalue weighted by Gasteiger charge is 2.43. The quantitative estimate of drug-likeness (QED) is 0.658. The highest BCUT2D eigenvalue weighted by atomic mass is 32.1. The molecule has 0 aliphatic carbocycles. The standard InChI is InChI=1S/C22H21N3O5S/c1-24-19(26)14-5-3-2-4-13(14)18(23-24)20(27)25-9-7-22(8-10-25)15-12-17(21(28)29)31-16(15)6-11-30-22/h2-5,12H,6-11H2,1H3,(H,28,29). The lowest BCUT2D eigenvalue weighted by atomic mass is 9.82. The van der Waals surface area contributed by atoms with E-state index in [9.17, 15) is 19.5 Å². The maximum absolute atomic E-state index is 13.3. The molecule has 1 amide bonds. The molecule has 2 aliphatic heterocycles. The van der Waals surface area contributed by atoms with Gasteiger partial charge < -0.3 is 14.7 Å². The first-order chi connectivity index (χ1) is 14.9. The Kier molecular flexibility index (Phi) is 4.67. The first kappa shape index (κ1) is 19.9. The molecule has 1 N–H and O–H groups in total. The van der Waals surface area contributed by atoms with Gasteiger partial charge in [0.25, 0.3) is 11.5 Å². The van der Waals surface area contributed by atoms with Gasteiger partial charge in [-0.05, 0) is 30.5 Å². The number of piperidine rings is 1. The molecule has 1 spiro atoms. The molecule has 3 aromatic rings. The summed E-state index contributed by atoms with van der Waals surface area (Å²) in [5.74, 6) is -1.14. The Bertz CT molecular complexity index is 1270. The smallest absolute Gasteiger partial charge is 0.345 e. The van der Waals surface area contributed by atoms with Gasteiger partial charge in [0.15, 0.2) is 5.69 Å². The van der Waals surface area contributed by atoms with Gasteiger partial charge in [0.1, 0.15) is 4.88 Å². The van der Waals surface area contributed by atoms with Crippen molar-refractivity contribution in [3.05, 3.63) is 61.7 Å². The van der Waals surface area contributed by atoms with Crippen LogP contribution >= 0.6 is 11.3 Å².